The quantitative estimate of drug-likeness (QED) is 0.107. The molecule has 0 amide bonds. The van der Waals surface area contributed by atoms with Crippen molar-refractivity contribution in [3.63, 3.8) is 0 Å². The van der Waals surface area contributed by atoms with Crippen LogP contribution in [0.2, 0.25) is 0 Å². The summed E-state index contributed by atoms with van der Waals surface area (Å²) in [7, 11) is 0. The molecule has 5 aromatic heterocycles. The SMILES string of the molecule is c1cc(-n2c3ccccc3c3ccccc32)cc(-n2c3ccccc3c3ccccc32)c1.c1ccc(-c2cc(-c3ccccc3)cc(-c3nc(-c4ccccc4)nc(-c4cc(-c5ccccc5)cc(-c5ccccc5)c4)n3)c2)cc1.c1ccc(-c2ccnc(-c3ccccc3)c2)cc1.c1ccc(-c2nc(-c3ccccc3)nc(-c3ccccc3)n2)cc1. The van der Waals surface area contributed by atoms with Gasteiger partial charge in [-0.3, -0.25) is 4.98 Å². The molecule has 0 saturated carbocycles. The lowest BCUT2D eigenvalue weighted by Gasteiger charge is -2.14. The molecule has 576 valence electrons. The maximum atomic E-state index is 5.22. The van der Waals surface area contributed by atoms with Crippen molar-refractivity contribution in [3.05, 3.63) is 479 Å². The molecule has 0 radical (unpaired) electrons. The van der Waals surface area contributed by atoms with E-state index in [9.17, 15) is 0 Å². The standard InChI is InChI=1S/C45H31N3.C30H20N2.C21H15N3.C17H13N/c1-6-16-32(17-7-1)37-26-38(33-18-8-2-9-19-33)29-41(28-37)44-46-43(36-24-14-5-15-25-36)47-45(48-44)42-30-39(34-20-10-3-11-21-34)27-40(31-42)35-22-12-4-13-23-35;1-5-16-27-23(12-1)24-13-2-6-17-28(24)31(27)21-10-9-11-22(20-21)32-29-18-7-3-14-25(29)26-15-4-8-19-30(26)32;1-4-10-16(11-5-1)19-22-20(17-12-6-2-7-13-17)24-21(23-19)18-14-8-3-9-15-18;1-3-7-14(8-4-1)16-11-12-18-17(13-16)15-9-5-2-6-10-15/h1-31H;1-20H;1-15H;1-13H. The van der Waals surface area contributed by atoms with Crippen molar-refractivity contribution in [2.24, 2.45) is 0 Å². The van der Waals surface area contributed by atoms with Crippen molar-refractivity contribution in [1.29, 1.82) is 0 Å². The van der Waals surface area contributed by atoms with Crippen LogP contribution >= 0.6 is 0 Å². The van der Waals surface area contributed by atoms with Gasteiger partial charge in [0.2, 0.25) is 0 Å². The Hall–Kier alpha value is -16.5. The van der Waals surface area contributed by atoms with Crippen LogP contribution in [0.25, 0.3) is 190 Å². The number of fused-ring (bicyclic) bond motifs is 6. The van der Waals surface area contributed by atoms with Gasteiger partial charge in [-0.25, -0.2) is 29.9 Å². The van der Waals surface area contributed by atoms with Gasteiger partial charge >= 0.3 is 0 Å². The smallest absolute Gasteiger partial charge is 0.164 e. The summed E-state index contributed by atoms with van der Waals surface area (Å²) in [6.07, 6.45) is 1.87. The first-order valence-corrected chi connectivity index (χ1v) is 40.9. The molecule has 22 aromatic rings. The highest BCUT2D eigenvalue weighted by molar-refractivity contribution is 6.11. The third-order valence-corrected chi connectivity index (χ3v) is 21.7. The van der Waals surface area contributed by atoms with Crippen LogP contribution in [-0.4, -0.2) is 44.0 Å². The second-order valence-corrected chi connectivity index (χ2v) is 29.6. The molecule has 0 bridgehead atoms. The van der Waals surface area contributed by atoms with Crippen LogP contribution in [0.4, 0.5) is 0 Å². The highest BCUT2D eigenvalue weighted by Crippen LogP contribution is 2.40. The van der Waals surface area contributed by atoms with E-state index >= 15 is 0 Å². The highest BCUT2D eigenvalue weighted by atomic mass is 15.0. The summed E-state index contributed by atoms with van der Waals surface area (Å²) in [5, 5.41) is 5.13. The third-order valence-electron chi connectivity index (χ3n) is 21.7. The zero-order valence-corrected chi connectivity index (χ0v) is 66.6. The predicted molar refractivity (Wildman–Crippen MR) is 504 cm³/mol. The summed E-state index contributed by atoms with van der Waals surface area (Å²) in [5.41, 5.74) is 26.5. The van der Waals surface area contributed by atoms with Gasteiger partial charge in [-0.05, 0) is 147 Å². The first-order chi connectivity index (χ1) is 60.5. The number of benzene rings is 17. The van der Waals surface area contributed by atoms with Crippen LogP contribution < -0.4 is 0 Å². The van der Waals surface area contributed by atoms with Crippen molar-refractivity contribution in [2.45, 2.75) is 0 Å². The largest absolute Gasteiger partial charge is 0.309 e. The van der Waals surface area contributed by atoms with E-state index in [1.54, 1.807) is 0 Å². The number of aromatic nitrogens is 9. The van der Waals surface area contributed by atoms with Crippen LogP contribution in [0.3, 0.4) is 0 Å². The average molecular weight is 1560 g/mol. The van der Waals surface area contributed by atoms with E-state index in [1.807, 2.05) is 170 Å². The Labute approximate surface area is 709 Å². The van der Waals surface area contributed by atoms with Crippen LogP contribution in [0.15, 0.2) is 479 Å². The van der Waals surface area contributed by atoms with Gasteiger partial charge < -0.3 is 9.13 Å². The first kappa shape index (κ1) is 75.5. The summed E-state index contributed by atoms with van der Waals surface area (Å²) < 4.78 is 4.75. The molecule has 5 heterocycles. The Morgan fingerprint density at radius 1 is 0.139 bits per heavy atom. The summed E-state index contributed by atoms with van der Waals surface area (Å²) in [6, 6.07) is 164. The molecule has 0 fully saturated rings. The lowest BCUT2D eigenvalue weighted by Crippen LogP contribution is -2.01. The van der Waals surface area contributed by atoms with Crippen LogP contribution in [0.5, 0.6) is 0 Å². The highest BCUT2D eigenvalue weighted by Gasteiger charge is 2.20. The molecule has 122 heavy (non-hydrogen) atoms. The van der Waals surface area contributed by atoms with Crippen molar-refractivity contribution >= 4 is 43.6 Å². The molecule has 0 aliphatic heterocycles. The molecule has 9 heteroatoms. The fourth-order valence-electron chi connectivity index (χ4n) is 15.8. The van der Waals surface area contributed by atoms with E-state index in [2.05, 4.69) is 338 Å². The Morgan fingerprint density at radius 3 is 0.623 bits per heavy atom. The number of para-hydroxylation sites is 4. The summed E-state index contributed by atoms with van der Waals surface area (Å²) in [6.45, 7) is 0. The molecular formula is C113H79N9. The fourth-order valence-corrected chi connectivity index (χ4v) is 15.8. The van der Waals surface area contributed by atoms with Crippen molar-refractivity contribution in [3.8, 4) is 147 Å². The summed E-state index contributed by atoms with van der Waals surface area (Å²) >= 11 is 0. The zero-order chi connectivity index (χ0) is 81.6. The minimum absolute atomic E-state index is 0.625. The molecule has 0 unspecified atom stereocenters. The number of hydrogen-bond donors (Lipinski definition) is 0. The lowest BCUT2D eigenvalue weighted by atomic mass is 9.95. The van der Waals surface area contributed by atoms with E-state index < -0.39 is 0 Å². The Morgan fingerprint density at radius 2 is 0.352 bits per heavy atom. The van der Waals surface area contributed by atoms with Crippen molar-refractivity contribution in [1.82, 2.24) is 44.0 Å². The van der Waals surface area contributed by atoms with Gasteiger partial charge in [0.25, 0.3) is 0 Å². The monoisotopic (exact) mass is 1560 g/mol. The van der Waals surface area contributed by atoms with Crippen LogP contribution in [-0.2, 0) is 0 Å². The second kappa shape index (κ2) is 35.5. The van der Waals surface area contributed by atoms with E-state index in [0.29, 0.717) is 34.9 Å². The molecule has 0 spiro atoms. The molecule has 0 saturated heterocycles. The van der Waals surface area contributed by atoms with E-state index in [-0.39, 0.29) is 0 Å². The van der Waals surface area contributed by atoms with Crippen LogP contribution in [0, 0.1) is 0 Å². The molecule has 22 rings (SSSR count). The number of nitrogens with zero attached hydrogens (tertiary/aromatic N) is 9. The van der Waals surface area contributed by atoms with Crippen LogP contribution in [0.1, 0.15) is 0 Å². The Balaban J connectivity index is 0.000000114. The number of rotatable bonds is 14. The average Bonchev–Trinajstić information content (AvgIpc) is 1.58. The van der Waals surface area contributed by atoms with Gasteiger partial charge in [0.1, 0.15) is 0 Å². The molecule has 17 aromatic carbocycles. The van der Waals surface area contributed by atoms with E-state index in [0.717, 1.165) is 89.1 Å². The molecular weight excluding hydrogens is 1480 g/mol. The predicted octanol–water partition coefficient (Wildman–Crippen LogP) is 28.7. The summed E-state index contributed by atoms with van der Waals surface area (Å²) in [5.74, 6) is 3.93. The van der Waals surface area contributed by atoms with Gasteiger partial charge in [0.05, 0.1) is 27.8 Å². The lowest BCUT2D eigenvalue weighted by molar-refractivity contribution is 1.07. The first-order valence-electron chi connectivity index (χ1n) is 40.9. The minimum Gasteiger partial charge on any atom is -0.309 e. The maximum absolute atomic E-state index is 5.22. The Bertz CT molecular complexity index is 6630. The number of hydrogen-bond acceptors (Lipinski definition) is 7. The second-order valence-electron chi connectivity index (χ2n) is 29.6. The van der Waals surface area contributed by atoms with Crippen molar-refractivity contribution in [2.75, 3.05) is 0 Å². The minimum atomic E-state index is 0.625. The number of pyridine rings is 1. The normalized spacial score (nSPS) is 11.0. The molecule has 0 aliphatic rings. The van der Waals surface area contributed by atoms with Gasteiger partial charge in [-0.2, -0.15) is 0 Å². The maximum Gasteiger partial charge on any atom is 0.164 e. The van der Waals surface area contributed by atoms with Gasteiger partial charge in [0.15, 0.2) is 34.9 Å². The zero-order valence-electron chi connectivity index (χ0n) is 66.6. The van der Waals surface area contributed by atoms with Gasteiger partial charge in [-0.15, -0.1) is 0 Å². The molecule has 0 N–H and O–H groups in total. The van der Waals surface area contributed by atoms with E-state index in [1.165, 1.54) is 66.1 Å². The Kier molecular flexibility index (Phi) is 22.0. The molecule has 0 aliphatic carbocycles. The topological polar surface area (TPSA) is 100 Å². The van der Waals surface area contributed by atoms with Crippen molar-refractivity contribution < 1.29 is 0 Å². The van der Waals surface area contributed by atoms with Gasteiger partial charge in [-0.1, -0.05) is 382 Å². The summed E-state index contributed by atoms with van der Waals surface area (Å²) in [4.78, 5) is 33.9. The van der Waals surface area contributed by atoms with E-state index in [4.69, 9.17) is 15.0 Å². The molecule has 9 nitrogen and oxygen atoms in total. The fraction of sp³-hybridized carbons (Fsp3) is 0. The van der Waals surface area contributed by atoms with Gasteiger partial charge in [0, 0.05) is 78.1 Å². The third kappa shape index (κ3) is 16.7. The molecule has 0 atom stereocenters.